The largest absolute Gasteiger partial charge is 0.343 e. The fraction of sp³-hybridized carbons (Fsp3) is 0.941. The number of likely N-dealkylation sites (tertiary alicyclic amines) is 1. The molecule has 0 aromatic rings. The second-order valence-electron chi connectivity index (χ2n) is 6.64. The predicted octanol–water partition coefficient (Wildman–Crippen LogP) is 2.10. The van der Waals surface area contributed by atoms with Crippen molar-refractivity contribution in [1.29, 1.82) is 0 Å². The number of hydrogen-bond donors (Lipinski definition) is 1. The lowest BCUT2D eigenvalue weighted by molar-refractivity contribution is -0.131. The predicted molar refractivity (Wildman–Crippen MR) is 87.4 cm³/mol. The molecule has 2 aliphatic rings. The molecule has 4 nitrogen and oxygen atoms in total. The Hall–Kier alpha value is -0.610. The Balaban J connectivity index is 1.52. The Morgan fingerprint density at radius 1 is 1.14 bits per heavy atom. The zero-order chi connectivity index (χ0) is 15.1. The van der Waals surface area contributed by atoms with Crippen LogP contribution in [0, 0.1) is 5.92 Å². The molecule has 1 N–H and O–H groups in total. The molecular formula is C17H33N3O. The Bertz CT molecular complexity index is 305. The monoisotopic (exact) mass is 295 g/mol. The van der Waals surface area contributed by atoms with E-state index in [1.54, 1.807) is 0 Å². The molecule has 0 aromatic carbocycles. The topological polar surface area (TPSA) is 35.6 Å². The van der Waals surface area contributed by atoms with E-state index in [-0.39, 0.29) is 0 Å². The third-order valence-electron chi connectivity index (χ3n) is 4.96. The second-order valence-corrected chi connectivity index (χ2v) is 6.64. The molecule has 2 fully saturated rings. The zero-order valence-electron chi connectivity index (χ0n) is 13.9. The summed E-state index contributed by atoms with van der Waals surface area (Å²) in [5, 5.41) is 3.72. The first-order valence-corrected chi connectivity index (χ1v) is 8.96. The van der Waals surface area contributed by atoms with E-state index in [4.69, 9.17) is 0 Å². The van der Waals surface area contributed by atoms with Gasteiger partial charge in [0, 0.05) is 25.6 Å². The summed E-state index contributed by atoms with van der Waals surface area (Å²) in [4.78, 5) is 16.4. The van der Waals surface area contributed by atoms with Gasteiger partial charge in [0.05, 0.1) is 0 Å². The van der Waals surface area contributed by atoms with Gasteiger partial charge in [0.2, 0.25) is 5.91 Å². The average Bonchev–Trinajstić information content (AvgIpc) is 3.32. The normalized spacial score (nSPS) is 20.7. The van der Waals surface area contributed by atoms with E-state index < -0.39 is 0 Å². The number of carbonyl (C=O) groups excluding carboxylic acids is 1. The van der Waals surface area contributed by atoms with Crippen LogP contribution in [-0.4, -0.2) is 61.0 Å². The van der Waals surface area contributed by atoms with Crippen molar-refractivity contribution >= 4 is 5.91 Å². The van der Waals surface area contributed by atoms with Crippen LogP contribution in [0.2, 0.25) is 0 Å². The Morgan fingerprint density at radius 3 is 2.38 bits per heavy atom. The van der Waals surface area contributed by atoms with Gasteiger partial charge in [-0.25, -0.2) is 0 Å². The molecular weight excluding hydrogens is 262 g/mol. The van der Waals surface area contributed by atoms with Crippen LogP contribution in [0.5, 0.6) is 0 Å². The van der Waals surface area contributed by atoms with Crippen molar-refractivity contribution in [1.82, 2.24) is 15.1 Å². The van der Waals surface area contributed by atoms with E-state index in [1.807, 2.05) is 4.90 Å². The van der Waals surface area contributed by atoms with Gasteiger partial charge in [0.15, 0.2) is 0 Å². The molecule has 1 aliphatic heterocycles. The Morgan fingerprint density at radius 2 is 1.81 bits per heavy atom. The summed E-state index contributed by atoms with van der Waals surface area (Å²) < 4.78 is 0. The molecule has 0 aromatic heterocycles. The van der Waals surface area contributed by atoms with Gasteiger partial charge in [-0.05, 0) is 78.0 Å². The van der Waals surface area contributed by atoms with Crippen LogP contribution in [0.3, 0.4) is 0 Å². The molecule has 21 heavy (non-hydrogen) atoms. The minimum absolute atomic E-state index is 0.320. The van der Waals surface area contributed by atoms with Crippen LogP contribution in [0.15, 0.2) is 0 Å². The van der Waals surface area contributed by atoms with Crippen molar-refractivity contribution in [3.8, 4) is 0 Å². The maximum absolute atomic E-state index is 12.0. The third-order valence-corrected chi connectivity index (χ3v) is 4.96. The first kappa shape index (κ1) is 16.8. The number of rotatable bonds is 9. The van der Waals surface area contributed by atoms with Crippen LogP contribution in [0.1, 0.15) is 52.4 Å². The summed E-state index contributed by atoms with van der Waals surface area (Å²) >= 11 is 0. The van der Waals surface area contributed by atoms with Crippen LogP contribution in [0.4, 0.5) is 0 Å². The number of hydrogen-bond acceptors (Lipinski definition) is 3. The summed E-state index contributed by atoms with van der Waals surface area (Å²) in [6.07, 6.45) is 7.14. The summed E-state index contributed by atoms with van der Waals surface area (Å²) in [6.45, 7) is 10.5. The van der Waals surface area contributed by atoms with Crippen LogP contribution < -0.4 is 5.32 Å². The summed E-state index contributed by atoms with van der Waals surface area (Å²) in [5.41, 5.74) is 0. The molecule has 0 unspecified atom stereocenters. The van der Waals surface area contributed by atoms with Crippen LogP contribution >= 0.6 is 0 Å². The zero-order valence-corrected chi connectivity index (χ0v) is 13.9. The molecule has 1 heterocycles. The average molecular weight is 295 g/mol. The van der Waals surface area contributed by atoms with Crippen molar-refractivity contribution in [2.45, 2.75) is 58.4 Å². The van der Waals surface area contributed by atoms with Gasteiger partial charge in [0.1, 0.15) is 0 Å². The number of amides is 1. The molecule has 0 bridgehead atoms. The first-order chi connectivity index (χ1) is 10.2. The fourth-order valence-corrected chi connectivity index (χ4v) is 3.20. The molecule has 4 heteroatoms. The number of nitrogens with one attached hydrogen (secondary N) is 1. The highest BCUT2D eigenvalue weighted by Crippen LogP contribution is 2.28. The SMILES string of the molecule is CCN(CC)C(=O)CCCN1CCC(NCC2CC2)CC1. The van der Waals surface area contributed by atoms with Gasteiger partial charge < -0.3 is 15.1 Å². The highest BCUT2D eigenvalue weighted by Gasteiger charge is 2.24. The van der Waals surface area contributed by atoms with Gasteiger partial charge in [-0.3, -0.25) is 4.79 Å². The molecule has 1 amide bonds. The molecule has 122 valence electrons. The van der Waals surface area contributed by atoms with Crippen molar-refractivity contribution < 1.29 is 4.79 Å². The van der Waals surface area contributed by atoms with Crippen molar-refractivity contribution in [3.63, 3.8) is 0 Å². The van der Waals surface area contributed by atoms with E-state index in [1.165, 1.54) is 45.3 Å². The van der Waals surface area contributed by atoms with E-state index >= 15 is 0 Å². The van der Waals surface area contributed by atoms with Gasteiger partial charge in [0.25, 0.3) is 0 Å². The first-order valence-electron chi connectivity index (χ1n) is 8.96. The second kappa shape index (κ2) is 8.74. The number of carbonyl (C=O) groups is 1. The lowest BCUT2D eigenvalue weighted by Crippen LogP contribution is -2.43. The number of nitrogens with zero attached hydrogens (tertiary/aromatic N) is 2. The fourth-order valence-electron chi connectivity index (χ4n) is 3.20. The Kier molecular flexibility index (Phi) is 6.97. The molecule has 1 aliphatic carbocycles. The maximum atomic E-state index is 12.0. The highest BCUT2D eigenvalue weighted by atomic mass is 16.2. The lowest BCUT2D eigenvalue weighted by Gasteiger charge is -2.32. The van der Waals surface area contributed by atoms with Gasteiger partial charge in [-0.15, -0.1) is 0 Å². The maximum Gasteiger partial charge on any atom is 0.222 e. The van der Waals surface area contributed by atoms with E-state index in [2.05, 4.69) is 24.1 Å². The van der Waals surface area contributed by atoms with E-state index in [0.717, 1.165) is 38.0 Å². The third kappa shape index (κ3) is 5.95. The van der Waals surface area contributed by atoms with Crippen LogP contribution in [-0.2, 0) is 4.79 Å². The standard InChI is InChI=1S/C17H33N3O/c1-3-20(4-2)17(21)6-5-11-19-12-9-16(10-13-19)18-14-15-7-8-15/h15-16,18H,3-14H2,1-2H3. The Labute approximate surface area is 130 Å². The molecule has 0 spiro atoms. The van der Waals surface area contributed by atoms with Crippen LogP contribution in [0.25, 0.3) is 0 Å². The van der Waals surface area contributed by atoms with Gasteiger partial charge in [-0.1, -0.05) is 0 Å². The molecule has 0 atom stereocenters. The summed E-state index contributed by atoms with van der Waals surface area (Å²) in [7, 11) is 0. The highest BCUT2D eigenvalue weighted by molar-refractivity contribution is 5.76. The summed E-state index contributed by atoms with van der Waals surface area (Å²) in [5.74, 6) is 1.30. The quantitative estimate of drug-likeness (QED) is 0.707. The molecule has 1 saturated heterocycles. The van der Waals surface area contributed by atoms with Crippen molar-refractivity contribution in [3.05, 3.63) is 0 Å². The molecule has 2 rings (SSSR count). The minimum Gasteiger partial charge on any atom is -0.343 e. The van der Waals surface area contributed by atoms with Crippen molar-refractivity contribution in [2.75, 3.05) is 39.3 Å². The van der Waals surface area contributed by atoms with E-state index in [0.29, 0.717) is 12.3 Å². The number of piperidine rings is 1. The molecule has 0 radical (unpaired) electrons. The molecule has 1 saturated carbocycles. The van der Waals surface area contributed by atoms with Gasteiger partial charge in [-0.2, -0.15) is 0 Å². The smallest absolute Gasteiger partial charge is 0.222 e. The van der Waals surface area contributed by atoms with Crippen molar-refractivity contribution in [2.24, 2.45) is 5.92 Å². The lowest BCUT2D eigenvalue weighted by atomic mass is 10.0. The minimum atomic E-state index is 0.320. The van der Waals surface area contributed by atoms with E-state index in [9.17, 15) is 4.79 Å². The van der Waals surface area contributed by atoms with Gasteiger partial charge >= 0.3 is 0 Å². The summed E-state index contributed by atoms with van der Waals surface area (Å²) in [6, 6.07) is 0.735.